The zero-order chi connectivity index (χ0) is 12.5. The zero-order valence-electron chi connectivity index (χ0n) is 10.9. The summed E-state index contributed by atoms with van der Waals surface area (Å²) in [7, 11) is 0. The molecule has 1 saturated heterocycles. The minimum Gasteiger partial charge on any atom is -0.298 e. The van der Waals surface area contributed by atoms with E-state index in [0.717, 1.165) is 0 Å². The van der Waals surface area contributed by atoms with Gasteiger partial charge in [0.25, 0.3) is 0 Å². The molecule has 1 rings (SSSR count). The van der Waals surface area contributed by atoms with Crippen LogP contribution in [0.4, 0.5) is 0 Å². The fourth-order valence-corrected chi connectivity index (χ4v) is 2.69. The Labute approximate surface area is 106 Å². The van der Waals surface area contributed by atoms with Gasteiger partial charge < -0.3 is 0 Å². The molecule has 3 heteroatoms. The first-order chi connectivity index (χ1) is 7.40. The molecule has 0 unspecified atom stereocenters. The summed E-state index contributed by atoms with van der Waals surface area (Å²) in [6.07, 6.45) is 0.701. The fourth-order valence-electron chi connectivity index (χ4n) is 2.69. The van der Waals surface area contributed by atoms with Crippen molar-refractivity contribution >= 4 is 5.78 Å². The summed E-state index contributed by atoms with van der Waals surface area (Å²) in [5.74, 6) is 0.323. The normalized spacial score (nSPS) is 29.2. The molecule has 0 aromatic heterocycles. The lowest BCUT2D eigenvalue weighted by atomic mass is 9.96. The van der Waals surface area contributed by atoms with E-state index >= 15 is 0 Å². The topological polar surface area (TPSA) is 44.1 Å². The third kappa shape index (κ3) is 3.07. The van der Waals surface area contributed by atoms with Crippen LogP contribution >= 0.6 is 0 Å². The molecule has 0 N–H and O–H groups in total. The van der Waals surface area contributed by atoms with Crippen LogP contribution in [0.2, 0.25) is 0 Å². The van der Waals surface area contributed by atoms with Crippen molar-refractivity contribution in [1.29, 1.82) is 5.26 Å². The average molecular weight is 238 g/mol. The molecule has 0 saturated carbocycles. The van der Waals surface area contributed by atoms with Crippen LogP contribution in [0.5, 0.6) is 0 Å². The van der Waals surface area contributed by atoms with Crippen LogP contribution in [-0.4, -0.2) is 28.8 Å². The van der Waals surface area contributed by atoms with Crippen molar-refractivity contribution in [1.82, 2.24) is 4.90 Å². The standard InChI is InChI=1S/C13H22N2O.CH4/c1-8(2)13(16)12-6-11(7-14)10(5)15(12)9(3)4;/h8-12H,6H2,1-5H3;1H4/t10-,11-,12-;/m0./s1. The van der Waals surface area contributed by atoms with Gasteiger partial charge in [-0.2, -0.15) is 5.26 Å². The van der Waals surface area contributed by atoms with E-state index in [1.165, 1.54) is 0 Å². The highest BCUT2D eigenvalue weighted by Crippen LogP contribution is 2.32. The number of ketones is 1. The summed E-state index contributed by atoms with van der Waals surface area (Å²) in [6.45, 7) is 10.1. The van der Waals surface area contributed by atoms with Gasteiger partial charge in [0.2, 0.25) is 0 Å². The molecule has 0 aliphatic carbocycles. The second kappa shape index (κ2) is 6.16. The van der Waals surface area contributed by atoms with Crippen molar-refractivity contribution < 1.29 is 4.79 Å². The highest BCUT2D eigenvalue weighted by molar-refractivity contribution is 5.86. The van der Waals surface area contributed by atoms with Crippen LogP contribution < -0.4 is 0 Å². The summed E-state index contributed by atoms with van der Waals surface area (Å²) < 4.78 is 0. The van der Waals surface area contributed by atoms with Gasteiger partial charge in [-0.25, -0.2) is 0 Å². The van der Waals surface area contributed by atoms with Gasteiger partial charge in [-0.3, -0.25) is 9.69 Å². The van der Waals surface area contributed by atoms with Gasteiger partial charge >= 0.3 is 0 Å². The number of nitriles is 1. The lowest BCUT2D eigenvalue weighted by Gasteiger charge is -2.32. The van der Waals surface area contributed by atoms with Crippen molar-refractivity contribution in [2.75, 3.05) is 0 Å². The van der Waals surface area contributed by atoms with Crippen molar-refractivity contribution in [3.05, 3.63) is 0 Å². The van der Waals surface area contributed by atoms with Crippen molar-refractivity contribution in [2.45, 2.75) is 66.6 Å². The van der Waals surface area contributed by atoms with E-state index in [0.29, 0.717) is 12.5 Å². The smallest absolute Gasteiger partial charge is 0.152 e. The number of carbonyl (C=O) groups excluding carboxylic acids is 1. The zero-order valence-corrected chi connectivity index (χ0v) is 10.9. The lowest BCUT2D eigenvalue weighted by Crippen LogP contribution is -2.45. The van der Waals surface area contributed by atoms with Crippen LogP contribution in [0.3, 0.4) is 0 Å². The summed E-state index contributed by atoms with van der Waals surface area (Å²) in [5, 5.41) is 9.09. The molecule has 3 atom stereocenters. The first kappa shape index (κ1) is 16.1. The van der Waals surface area contributed by atoms with Gasteiger partial charge in [-0.15, -0.1) is 0 Å². The van der Waals surface area contributed by atoms with Crippen molar-refractivity contribution in [2.24, 2.45) is 11.8 Å². The summed E-state index contributed by atoms with van der Waals surface area (Å²) in [5.41, 5.74) is 0. The number of carbonyl (C=O) groups is 1. The van der Waals surface area contributed by atoms with E-state index < -0.39 is 0 Å². The summed E-state index contributed by atoms with van der Waals surface area (Å²) >= 11 is 0. The molecule has 3 nitrogen and oxygen atoms in total. The number of rotatable bonds is 3. The first-order valence-corrected chi connectivity index (χ1v) is 6.10. The SMILES string of the molecule is C.CC(C)C(=O)[C@@H]1C[C@@H](C#N)[C@H](C)N1C(C)C. The van der Waals surface area contributed by atoms with Gasteiger partial charge in [-0.05, 0) is 27.2 Å². The quantitative estimate of drug-likeness (QED) is 0.759. The van der Waals surface area contributed by atoms with Crippen LogP contribution in [0.25, 0.3) is 0 Å². The molecule has 0 radical (unpaired) electrons. The first-order valence-electron chi connectivity index (χ1n) is 6.10. The van der Waals surface area contributed by atoms with Gasteiger partial charge in [0, 0.05) is 18.0 Å². The summed E-state index contributed by atoms with van der Waals surface area (Å²) in [4.78, 5) is 14.3. The van der Waals surface area contributed by atoms with E-state index in [1.807, 2.05) is 13.8 Å². The average Bonchev–Trinajstić information content (AvgIpc) is 2.53. The Morgan fingerprint density at radius 1 is 1.35 bits per heavy atom. The Morgan fingerprint density at radius 3 is 2.24 bits per heavy atom. The minimum absolute atomic E-state index is 0. The third-order valence-corrected chi connectivity index (χ3v) is 3.55. The monoisotopic (exact) mass is 238 g/mol. The highest BCUT2D eigenvalue weighted by atomic mass is 16.1. The molecular formula is C14H26N2O. The number of Topliss-reactive ketones (excluding diaryl/α,β-unsaturated/α-hetero) is 1. The van der Waals surface area contributed by atoms with Crippen molar-refractivity contribution in [3.8, 4) is 6.07 Å². The Morgan fingerprint density at radius 2 is 1.88 bits per heavy atom. The van der Waals surface area contributed by atoms with Gasteiger partial charge in [-0.1, -0.05) is 21.3 Å². The van der Waals surface area contributed by atoms with E-state index in [2.05, 4.69) is 31.7 Å². The van der Waals surface area contributed by atoms with E-state index in [9.17, 15) is 4.79 Å². The maximum atomic E-state index is 12.1. The molecule has 17 heavy (non-hydrogen) atoms. The lowest BCUT2D eigenvalue weighted by molar-refractivity contribution is -0.127. The molecule has 0 aromatic rings. The molecule has 0 bridgehead atoms. The molecule has 1 fully saturated rings. The molecule has 0 spiro atoms. The number of hydrogen-bond donors (Lipinski definition) is 0. The third-order valence-electron chi connectivity index (χ3n) is 3.55. The number of nitrogens with zero attached hydrogens (tertiary/aromatic N) is 2. The maximum absolute atomic E-state index is 12.1. The molecule has 1 aliphatic heterocycles. The number of hydrogen-bond acceptors (Lipinski definition) is 3. The van der Waals surface area contributed by atoms with Gasteiger partial charge in [0.1, 0.15) is 0 Å². The Kier molecular flexibility index (Phi) is 5.84. The molecule has 1 heterocycles. The fraction of sp³-hybridized carbons (Fsp3) is 0.857. The largest absolute Gasteiger partial charge is 0.298 e. The second-order valence-electron chi connectivity index (χ2n) is 5.33. The predicted molar refractivity (Wildman–Crippen MR) is 70.5 cm³/mol. The minimum atomic E-state index is -0.0559. The molecule has 0 amide bonds. The van der Waals surface area contributed by atoms with Crippen LogP contribution in [0.15, 0.2) is 0 Å². The van der Waals surface area contributed by atoms with E-state index in [1.54, 1.807) is 0 Å². The van der Waals surface area contributed by atoms with Crippen molar-refractivity contribution in [3.63, 3.8) is 0 Å². The Hall–Kier alpha value is -0.880. The molecule has 1 aliphatic rings. The molecule has 98 valence electrons. The van der Waals surface area contributed by atoms with Crippen LogP contribution in [-0.2, 0) is 4.79 Å². The number of likely N-dealkylation sites (tertiary alicyclic amines) is 1. The maximum Gasteiger partial charge on any atom is 0.152 e. The predicted octanol–water partition coefficient (Wildman–Crippen LogP) is 2.86. The molecular weight excluding hydrogens is 212 g/mol. The van der Waals surface area contributed by atoms with E-state index in [4.69, 9.17) is 5.26 Å². The second-order valence-corrected chi connectivity index (χ2v) is 5.33. The van der Waals surface area contributed by atoms with E-state index in [-0.39, 0.29) is 37.1 Å². The highest BCUT2D eigenvalue weighted by Gasteiger charge is 2.43. The van der Waals surface area contributed by atoms with Crippen LogP contribution in [0.1, 0.15) is 48.5 Å². The van der Waals surface area contributed by atoms with Gasteiger partial charge in [0.05, 0.1) is 18.0 Å². The summed E-state index contributed by atoms with van der Waals surface area (Å²) in [6, 6.07) is 2.79. The Balaban J connectivity index is 0.00000256. The van der Waals surface area contributed by atoms with Gasteiger partial charge in [0.15, 0.2) is 5.78 Å². The Bertz CT molecular complexity index is 304. The molecule has 0 aromatic carbocycles. The van der Waals surface area contributed by atoms with Crippen LogP contribution in [0, 0.1) is 23.2 Å².